The first-order chi connectivity index (χ1) is 12.0. The van der Waals surface area contributed by atoms with Crippen LogP contribution in [0.2, 0.25) is 5.15 Å². The lowest BCUT2D eigenvalue weighted by Gasteiger charge is -2.11. The summed E-state index contributed by atoms with van der Waals surface area (Å²) in [4.78, 5) is 28.8. The maximum Gasteiger partial charge on any atom is 0.339 e. The molecule has 1 heterocycles. The van der Waals surface area contributed by atoms with Gasteiger partial charge in [0.15, 0.2) is 0 Å². The van der Waals surface area contributed by atoms with Crippen LogP contribution in [0.1, 0.15) is 29.8 Å². The van der Waals surface area contributed by atoms with Gasteiger partial charge >= 0.3 is 5.97 Å². The Morgan fingerprint density at radius 3 is 2.68 bits per heavy atom. The zero-order chi connectivity index (χ0) is 18.2. The summed E-state index contributed by atoms with van der Waals surface area (Å²) < 4.78 is 5.33. The van der Waals surface area contributed by atoms with E-state index in [1.54, 1.807) is 36.5 Å². The zero-order valence-electron chi connectivity index (χ0n) is 14.0. The normalized spacial score (nSPS) is 10.6. The van der Waals surface area contributed by atoms with Crippen LogP contribution in [0.4, 0.5) is 0 Å². The Hall–Kier alpha value is -2.05. The molecule has 25 heavy (non-hydrogen) atoms. The van der Waals surface area contributed by atoms with Crippen molar-refractivity contribution >= 4 is 35.2 Å². The highest BCUT2D eigenvalue weighted by Crippen LogP contribution is 2.23. The van der Waals surface area contributed by atoms with Crippen LogP contribution in [0, 0.1) is 0 Å². The number of carbonyl (C=O) groups excluding carboxylic acids is 2. The van der Waals surface area contributed by atoms with Crippen molar-refractivity contribution in [3.8, 4) is 0 Å². The van der Waals surface area contributed by atoms with Crippen molar-refractivity contribution in [2.45, 2.75) is 31.4 Å². The molecule has 0 aliphatic carbocycles. The number of ether oxygens (including phenoxy) is 1. The number of halogens is 1. The van der Waals surface area contributed by atoms with Crippen LogP contribution in [-0.4, -0.2) is 28.7 Å². The first-order valence-corrected chi connectivity index (χ1v) is 9.11. The molecule has 0 aliphatic rings. The average Bonchev–Trinajstić information content (AvgIpc) is 2.59. The van der Waals surface area contributed by atoms with Crippen molar-refractivity contribution in [2.24, 2.45) is 0 Å². The first-order valence-electron chi connectivity index (χ1n) is 7.74. The van der Waals surface area contributed by atoms with Gasteiger partial charge in [-0.15, -0.1) is 11.8 Å². The summed E-state index contributed by atoms with van der Waals surface area (Å²) in [6.45, 7) is 3.91. The molecule has 1 aromatic heterocycles. The number of hydrogen-bond donors (Lipinski definition) is 1. The molecule has 5 nitrogen and oxygen atoms in total. The van der Waals surface area contributed by atoms with E-state index in [1.165, 1.54) is 11.8 Å². The van der Waals surface area contributed by atoms with E-state index in [9.17, 15) is 9.59 Å². The molecular formula is C18H19ClN2O3S. The number of aromatic nitrogens is 1. The number of pyridine rings is 1. The van der Waals surface area contributed by atoms with Crippen molar-refractivity contribution in [3.63, 3.8) is 0 Å². The van der Waals surface area contributed by atoms with E-state index in [-0.39, 0.29) is 24.3 Å². The third-order valence-electron chi connectivity index (χ3n) is 3.07. The fourth-order valence-electron chi connectivity index (χ4n) is 1.99. The second kappa shape index (κ2) is 9.44. The van der Waals surface area contributed by atoms with Crippen molar-refractivity contribution < 1.29 is 14.3 Å². The fraction of sp³-hybridized carbons (Fsp3) is 0.278. The van der Waals surface area contributed by atoms with Crippen LogP contribution < -0.4 is 5.32 Å². The molecule has 7 heteroatoms. The molecule has 2 rings (SSSR count). The molecule has 0 atom stereocenters. The summed E-state index contributed by atoms with van der Waals surface area (Å²) in [5.74, 6) is -0.276. The third-order valence-corrected chi connectivity index (χ3v) is 4.37. The second-order valence-electron chi connectivity index (χ2n) is 5.57. The molecule has 0 spiro atoms. The largest absolute Gasteiger partial charge is 0.457 e. The number of hydrogen-bond acceptors (Lipinski definition) is 5. The maximum atomic E-state index is 12.3. The molecule has 2 aromatic rings. The summed E-state index contributed by atoms with van der Waals surface area (Å²) in [5.41, 5.74) is 1.19. The van der Waals surface area contributed by atoms with E-state index in [1.807, 2.05) is 19.9 Å². The molecule has 0 unspecified atom stereocenters. The molecule has 132 valence electrons. The van der Waals surface area contributed by atoms with Crippen LogP contribution >= 0.6 is 23.4 Å². The number of thioether (sulfide) groups is 1. The molecule has 1 N–H and O–H groups in total. The van der Waals surface area contributed by atoms with Crippen LogP contribution in [0.5, 0.6) is 0 Å². The maximum absolute atomic E-state index is 12.3. The average molecular weight is 379 g/mol. The van der Waals surface area contributed by atoms with Gasteiger partial charge in [-0.25, -0.2) is 9.78 Å². The minimum atomic E-state index is -0.442. The SMILES string of the molecule is CC(C)NC(=O)CSc1ccccc1C(=O)OCc1ccc(Cl)nc1. The van der Waals surface area contributed by atoms with Crippen molar-refractivity contribution in [1.82, 2.24) is 10.3 Å². The Morgan fingerprint density at radius 2 is 2.00 bits per heavy atom. The molecule has 0 bridgehead atoms. The van der Waals surface area contributed by atoms with Gasteiger partial charge in [-0.1, -0.05) is 29.8 Å². The number of esters is 1. The highest BCUT2D eigenvalue weighted by molar-refractivity contribution is 8.00. The smallest absolute Gasteiger partial charge is 0.339 e. The fourth-order valence-corrected chi connectivity index (χ4v) is 2.95. The Morgan fingerprint density at radius 1 is 1.24 bits per heavy atom. The lowest BCUT2D eigenvalue weighted by molar-refractivity contribution is -0.119. The number of amides is 1. The Bertz CT molecular complexity index is 735. The molecular weight excluding hydrogens is 360 g/mol. The Balaban J connectivity index is 1.97. The van der Waals surface area contributed by atoms with Gasteiger partial charge in [-0.05, 0) is 32.0 Å². The van der Waals surface area contributed by atoms with Gasteiger partial charge in [0.1, 0.15) is 11.8 Å². The highest BCUT2D eigenvalue weighted by Gasteiger charge is 2.14. The molecule has 0 saturated carbocycles. The summed E-state index contributed by atoms with van der Waals surface area (Å²) in [6.07, 6.45) is 1.56. The van der Waals surface area contributed by atoms with Gasteiger partial charge in [-0.2, -0.15) is 0 Å². The lowest BCUT2D eigenvalue weighted by Crippen LogP contribution is -2.31. The third kappa shape index (κ3) is 6.40. The monoisotopic (exact) mass is 378 g/mol. The van der Waals surface area contributed by atoms with Crippen LogP contribution in [0.3, 0.4) is 0 Å². The topological polar surface area (TPSA) is 68.3 Å². The molecule has 1 aromatic carbocycles. The summed E-state index contributed by atoms with van der Waals surface area (Å²) >= 11 is 7.03. The molecule has 0 fully saturated rings. The number of carbonyl (C=O) groups is 2. The summed E-state index contributed by atoms with van der Waals surface area (Å²) in [7, 11) is 0. The van der Waals surface area contributed by atoms with Crippen LogP contribution in [0.15, 0.2) is 47.5 Å². The summed E-state index contributed by atoms with van der Waals surface area (Å²) in [5, 5.41) is 3.20. The van der Waals surface area contributed by atoms with Gasteiger partial charge in [-0.3, -0.25) is 4.79 Å². The molecule has 0 aliphatic heterocycles. The van der Waals surface area contributed by atoms with Gasteiger partial charge in [0.2, 0.25) is 5.91 Å². The van der Waals surface area contributed by atoms with Crippen molar-refractivity contribution in [2.75, 3.05) is 5.75 Å². The van der Waals surface area contributed by atoms with Gasteiger partial charge in [0.05, 0.1) is 11.3 Å². The van der Waals surface area contributed by atoms with E-state index in [2.05, 4.69) is 10.3 Å². The quantitative estimate of drug-likeness (QED) is 0.452. The van der Waals surface area contributed by atoms with Gasteiger partial charge in [0, 0.05) is 22.7 Å². The van der Waals surface area contributed by atoms with E-state index >= 15 is 0 Å². The van der Waals surface area contributed by atoms with E-state index in [0.717, 1.165) is 5.56 Å². The lowest BCUT2D eigenvalue weighted by atomic mass is 10.2. The zero-order valence-corrected chi connectivity index (χ0v) is 15.6. The number of rotatable bonds is 7. The standard InChI is InChI=1S/C18H19ClN2O3S/c1-12(2)21-17(22)11-25-15-6-4-3-5-14(15)18(23)24-10-13-7-8-16(19)20-9-13/h3-9,12H,10-11H2,1-2H3,(H,21,22). The minimum Gasteiger partial charge on any atom is -0.457 e. The number of benzene rings is 1. The van der Waals surface area contributed by atoms with E-state index in [4.69, 9.17) is 16.3 Å². The van der Waals surface area contributed by atoms with Gasteiger partial charge < -0.3 is 10.1 Å². The predicted octanol–water partition coefficient (Wildman–Crippen LogP) is 3.71. The van der Waals surface area contributed by atoms with Crippen molar-refractivity contribution in [1.29, 1.82) is 0 Å². The molecule has 0 saturated heterocycles. The Labute approximate surface area is 156 Å². The molecule has 0 radical (unpaired) electrons. The van der Waals surface area contributed by atoms with Gasteiger partial charge in [0.25, 0.3) is 0 Å². The van der Waals surface area contributed by atoms with E-state index < -0.39 is 5.97 Å². The summed E-state index contributed by atoms with van der Waals surface area (Å²) in [6, 6.07) is 10.5. The number of nitrogens with one attached hydrogen (secondary N) is 1. The van der Waals surface area contributed by atoms with Crippen LogP contribution in [0.25, 0.3) is 0 Å². The van der Waals surface area contributed by atoms with Crippen molar-refractivity contribution in [3.05, 3.63) is 58.9 Å². The van der Waals surface area contributed by atoms with Crippen LogP contribution in [-0.2, 0) is 16.1 Å². The molecule has 1 amide bonds. The first kappa shape index (κ1) is 19.3. The minimum absolute atomic E-state index is 0.0737. The Kier molecular flexibility index (Phi) is 7.28. The number of nitrogens with zero attached hydrogens (tertiary/aromatic N) is 1. The second-order valence-corrected chi connectivity index (χ2v) is 6.98. The predicted molar refractivity (Wildman–Crippen MR) is 98.8 cm³/mol. The van der Waals surface area contributed by atoms with E-state index in [0.29, 0.717) is 15.6 Å². The highest BCUT2D eigenvalue weighted by atomic mass is 35.5.